The van der Waals surface area contributed by atoms with Crippen LogP contribution in [0.3, 0.4) is 0 Å². The Balaban J connectivity index is 2.09. The quantitative estimate of drug-likeness (QED) is 0.715. The summed E-state index contributed by atoms with van der Waals surface area (Å²) in [6, 6.07) is 0.0602. The van der Waals surface area contributed by atoms with Crippen molar-refractivity contribution in [3.05, 3.63) is 0 Å². The Labute approximate surface area is 110 Å². The summed E-state index contributed by atoms with van der Waals surface area (Å²) in [5, 5.41) is 3.24. The minimum Gasteiger partial charge on any atom is -0.315 e. The molecule has 0 aromatic rings. The van der Waals surface area contributed by atoms with Gasteiger partial charge in [-0.05, 0) is 26.9 Å². The van der Waals surface area contributed by atoms with Gasteiger partial charge in [0, 0.05) is 45.3 Å². The number of likely N-dealkylation sites (N-methyl/N-ethyl adjacent to an activating group) is 1. The number of nitrogens with zero attached hydrogens (tertiary/aromatic N) is 3. The fourth-order valence-corrected chi connectivity index (χ4v) is 4.48. The lowest BCUT2D eigenvalue weighted by Crippen LogP contribution is -2.56. The van der Waals surface area contributed by atoms with Crippen LogP contribution >= 0.6 is 0 Å². The first kappa shape index (κ1) is 14.2. The Bertz CT molecular complexity index is 365. The van der Waals surface area contributed by atoms with E-state index < -0.39 is 10.2 Å². The van der Waals surface area contributed by atoms with Crippen molar-refractivity contribution in [1.82, 2.24) is 18.8 Å². The molecule has 2 aliphatic rings. The maximum Gasteiger partial charge on any atom is 0.282 e. The predicted molar refractivity (Wildman–Crippen MR) is 71.6 cm³/mol. The largest absolute Gasteiger partial charge is 0.315 e. The fraction of sp³-hybridized carbons (Fsp3) is 1.00. The Hall–Kier alpha value is -0.210. The van der Waals surface area contributed by atoms with E-state index >= 15 is 0 Å². The minimum atomic E-state index is -3.28. The summed E-state index contributed by atoms with van der Waals surface area (Å²) < 4.78 is 28.5. The van der Waals surface area contributed by atoms with E-state index in [-0.39, 0.29) is 6.04 Å². The molecule has 1 N–H and O–H groups in total. The van der Waals surface area contributed by atoms with Gasteiger partial charge in [0.15, 0.2) is 0 Å². The molecule has 0 bridgehead atoms. The number of hydrogen-bond donors (Lipinski definition) is 1. The summed E-state index contributed by atoms with van der Waals surface area (Å²) >= 11 is 0. The lowest BCUT2D eigenvalue weighted by molar-refractivity contribution is 0.162. The van der Waals surface area contributed by atoms with Gasteiger partial charge in [0.1, 0.15) is 0 Å². The van der Waals surface area contributed by atoms with Gasteiger partial charge in [0.2, 0.25) is 0 Å². The van der Waals surface area contributed by atoms with Crippen molar-refractivity contribution in [1.29, 1.82) is 0 Å². The summed E-state index contributed by atoms with van der Waals surface area (Å²) in [6.45, 7) is 7.09. The topological polar surface area (TPSA) is 55.9 Å². The van der Waals surface area contributed by atoms with Crippen molar-refractivity contribution in [2.24, 2.45) is 0 Å². The lowest BCUT2D eigenvalue weighted by Gasteiger charge is -2.39. The Morgan fingerprint density at radius 3 is 2.61 bits per heavy atom. The molecule has 6 nitrogen and oxygen atoms in total. The molecule has 18 heavy (non-hydrogen) atoms. The van der Waals surface area contributed by atoms with Crippen molar-refractivity contribution in [2.75, 3.05) is 52.9 Å². The maximum absolute atomic E-state index is 12.6. The van der Waals surface area contributed by atoms with Crippen molar-refractivity contribution >= 4 is 10.2 Å². The van der Waals surface area contributed by atoms with Crippen molar-refractivity contribution in [3.63, 3.8) is 0 Å². The first-order valence-electron chi connectivity index (χ1n) is 6.68. The van der Waals surface area contributed by atoms with Crippen LogP contribution in [0.15, 0.2) is 0 Å². The Morgan fingerprint density at radius 1 is 1.11 bits per heavy atom. The highest BCUT2D eigenvalue weighted by Gasteiger charge is 2.35. The summed E-state index contributed by atoms with van der Waals surface area (Å²) in [5.41, 5.74) is 0. The predicted octanol–water partition coefficient (Wildman–Crippen LogP) is -0.838. The SMILES string of the molecule is CC1CN(C)CCN1S(=O)(=O)N1CCCNCC1. The maximum atomic E-state index is 12.6. The zero-order chi connectivity index (χ0) is 13.2. The first-order valence-corrected chi connectivity index (χ1v) is 8.07. The highest BCUT2D eigenvalue weighted by Crippen LogP contribution is 2.17. The first-order chi connectivity index (χ1) is 8.51. The van der Waals surface area contributed by atoms with E-state index in [1.807, 2.05) is 14.0 Å². The van der Waals surface area contributed by atoms with Crippen LogP contribution in [0.1, 0.15) is 13.3 Å². The van der Waals surface area contributed by atoms with Crippen molar-refractivity contribution < 1.29 is 8.42 Å². The van der Waals surface area contributed by atoms with Gasteiger partial charge in [-0.2, -0.15) is 17.0 Å². The summed E-state index contributed by atoms with van der Waals surface area (Å²) in [7, 11) is -1.24. The Morgan fingerprint density at radius 2 is 1.89 bits per heavy atom. The van der Waals surface area contributed by atoms with Crippen LogP contribution in [0, 0.1) is 0 Å². The average Bonchev–Trinajstić information content (AvgIpc) is 2.57. The zero-order valence-corrected chi connectivity index (χ0v) is 12.1. The number of rotatable bonds is 2. The van der Waals surface area contributed by atoms with E-state index in [1.165, 1.54) is 0 Å². The molecule has 7 heteroatoms. The van der Waals surface area contributed by atoms with Gasteiger partial charge in [-0.3, -0.25) is 0 Å². The van der Waals surface area contributed by atoms with Gasteiger partial charge < -0.3 is 10.2 Å². The van der Waals surface area contributed by atoms with Crippen molar-refractivity contribution in [3.8, 4) is 0 Å². The molecule has 0 spiro atoms. The smallest absolute Gasteiger partial charge is 0.282 e. The Kier molecular flexibility index (Phi) is 4.60. The number of hydrogen-bond acceptors (Lipinski definition) is 4. The van der Waals surface area contributed by atoms with Crippen molar-refractivity contribution in [2.45, 2.75) is 19.4 Å². The lowest BCUT2D eigenvalue weighted by atomic mass is 10.2. The highest BCUT2D eigenvalue weighted by molar-refractivity contribution is 7.86. The van der Waals surface area contributed by atoms with Crippen LogP contribution in [0.5, 0.6) is 0 Å². The summed E-state index contributed by atoms with van der Waals surface area (Å²) in [5.74, 6) is 0. The highest BCUT2D eigenvalue weighted by atomic mass is 32.2. The molecule has 0 saturated carbocycles. The number of piperazine rings is 1. The van der Waals surface area contributed by atoms with E-state index in [0.717, 1.165) is 32.6 Å². The number of nitrogens with one attached hydrogen (secondary N) is 1. The molecule has 0 aliphatic carbocycles. The van der Waals surface area contributed by atoms with Gasteiger partial charge in [-0.15, -0.1) is 0 Å². The molecule has 2 aliphatic heterocycles. The average molecular weight is 276 g/mol. The second kappa shape index (κ2) is 5.83. The van der Waals surface area contributed by atoms with Crippen LogP contribution in [0.25, 0.3) is 0 Å². The molecule has 2 saturated heterocycles. The minimum absolute atomic E-state index is 0.0602. The second-order valence-corrected chi connectivity index (χ2v) is 7.11. The van der Waals surface area contributed by atoms with Gasteiger partial charge in [-0.25, -0.2) is 0 Å². The van der Waals surface area contributed by atoms with Crippen LogP contribution in [-0.4, -0.2) is 80.8 Å². The normalized spacial score (nSPS) is 30.2. The van der Waals surface area contributed by atoms with E-state index in [4.69, 9.17) is 0 Å². The van der Waals surface area contributed by atoms with Crippen LogP contribution in [0.2, 0.25) is 0 Å². The van der Waals surface area contributed by atoms with E-state index in [9.17, 15) is 8.42 Å². The van der Waals surface area contributed by atoms with Crippen LogP contribution < -0.4 is 5.32 Å². The summed E-state index contributed by atoms with van der Waals surface area (Å²) in [4.78, 5) is 2.18. The molecule has 1 atom stereocenters. The molecule has 2 heterocycles. The third kappa shape index (κ3) is 3.03. The fourth-order valence-electron chi connectivity index (χ4n) is 2.67. The molecule has 2 rings (SSSR count). The van der Waals surface area contributed by atoms with Gasteiger partial charge in [-0.1, -0.05) is 0 Å². The van der Waals surface area contributed by atoms with Gasteiger partial charge in [0.25, 0.3) is 10.2 Å². The molecule has 0 radical (unpaired) electrons. The summed E-state index contributed by atoms with van der Waals surface area (Å²) in [6.07, 6.45) is 0.890. The van der Waals surface area contributed by atoms with E-state index in [1.54, 1.807) is 8.61 Å². The molecule has 0 amide bonds. The van der Waals surface area contributed by atoms with E-state index in [2.05, 4.69) is 10.2 Å². The zero-order valence-electron chi connectivity index (χ0n) is 11.3. The van der Waals surface area contributed by atoms with Gasteiger partial charge in [0.05, 0.1) is 0 Å². The second-order valence-electron chi connectivity index (χ2n) is 5.23. The standard InChI is InChI=1S/C11H24N4O2S/c1-11-10-13(2)8-9-15(11)18(16,17)14-6-3-4-12-5-7-14/h11-12H,3-10H2,1-2H3. The molecular weight excluding hydrogens is 252 g/mol. The van der Waals surface area contributed by atoms with Crippen LogP contribution in [0.4, 0.5) is 0 Å². The molecule has 106 valence electrons. The third-order valence-electron chi connectivity index (χ3n) is 3.69. The molecular formula is C11H24N4O2S. The molecule has 2 fully saturated rings. The van der Waals surface area contributed by atoms with Crippen LogP contribution in [-0.2, 0) is 10.2 Å². The van der Waals surface area contributed by atoms with Gasteiger partial charge >= 0.3 is 0 Å². The van der Waals surface area contributed by atoms with E-state index in [0.29, 0.717) is 19.6 Å². The molecule has 1 unspecified atom stereocenters. The molecule has 0 aromatic carbocycles. The third-order valence-corrected chi connectivity index (χ3v) is 5.84. The monoisotopic (exact) mass is 276 g/mol. The molecule has 0 aromatic heterocycles.